The molecule has 2 N–H and O–H groups in total. The van der Waals surface area contributed by atoms with E-state index in [4.69, 9.17) is 24.2 Å². The second-order valence-electron chi connectivity index (χ2n) is 18.4. The molecule has 8 heteroatoms. The topological polar surface area (TPSA) is 89.7 Å². The third kappa shape index (κ3) is 13.5. The molecule has 6 atom stereocenters. The van der Waals surface area contributed by atoms with E-state index in [-0.39, 0.29) is 42.1 Å². The lowest BCUT2D eigenvalue weighted by atomic mass is 9.56. The van der Waals surface area contributed by atoms with Crippen LogP contribution in [0, 0.1) is 17.8 Å². The number of nitrogens with zero attached hydrogens (tertiary/aromatic N) is 1. The van der Waals surface area contributed by atoms with Gasteiger partial charge in [-0.05, 0) is 96.7 Å². The molecule has 3 aliphatic rings. The molecule has 0 radical (unpaired) electrons. The number of aliphatic hydroxyl groups is 2. The van der Waals surface area contributed by atoms with Gasteiger partial charge in [-0.1, -0.05) is 163 Å². The van der Waals surface area contributed by atoms with Crippen LogP contribution in [0.5, 0.6) is 17.2 Å². The Balaban J connectivity index is 1.24. The van der Waals surface area contributed by atoms with E-state index in [1.54, 1.807) is 7.11 Å². The summed E-state index contributed by atoms with van der Waals surface area (Å²) < 4.78 is 21.1. The van der Waals surface area contributed by atoms with Gasteiger partial charge < -0.3 is 29.3 Å². The summed E-state index contributed by atoms with van der Waals surface area (Å²) in [5, 5.41) is 24.6. The Morgan fingerprint density at radius 3 is 2.02 bits per heavy atom. The van der Waals surface area contributed by atoms with Gasteiger partial charge in [0.15, 0.2) is 0 Å². The monoisotopic (exact) mass is 894 g/mol. The van der Waals surface area contributed by atoms with Crippen LogP contribution in [-0.2, 0) is 9.57 Å². The van der Waals surface area contributed by atoms with Crippen molar-refractivity contribution in [2.75, 3.05) is 32.7 Å². The minimum Gasteiger partial charge on any atom is -0.460 e. The first kappa shape index (κ1) is 49.9. The van der Waals surface area contributed by atoms with Gasteiger partial charge in [0.2, 0.25) is 5.79 Å². The second-order valence-corrected chi connectivity index (χ2v) is 19.7. The molecule has 0 amide bonds. The minimum atomic E-state index is -0.952. The predicted molar refractivity (Wildman–Crippen MR) is 267 cm³/mol. The van der Waals surface area contributed by atoms with E-state index in [0.29, 0.717) is 13.0 Å². The van der Waals surface area contributed by atoms with Crippen molar-refractivity contribution in [2.45, 2.75) is 159 Å². The van der Waals surface area contributed by atoms with Crippen LogP contribution in [-0.4, -0.2) is 59.6 Å². The molecule has 2 aliphatic carbocycles. The number of thioether (sulfide) groups is 1. The fourth-order valence-corrected chi connectivity index (χ4v) is 12.1. The highest BCUT2D eigenvalue weighted by Gasteiger charge is 2.64. The van der Waals surface area contributed by atoms with Crippen LogP contribution in [0.4, 0.5) is 0 Å². The zero-order valence-electron chi connectivity index (χ0n) is 39.2. The molecule has 3 aromatic rings. The lowest BCUT2D eigenvalue weighted by molar-refractivity contribution is -0.223. The average Bonchev–Trinajstić information content (AvgIpc) is 3.32. The Morgan fingerprint density at radius 1 is 0.750 bits per heavy atom. The fraction of sp³-hybridized carbons (Fsp3) is 0.589. The highest BCUT2D eigenvalue weighted by Crippen LogP contribution is 2.62. The number of rotatable bonds is 31. The van der Waals surface area contributed by atoms with E-state index < -0.39 is 5.79 Å². The molecule has 1 fully saturated rings. The van der Waals surface area contributed by atoms with Crippen LogP contribution in [0.2, 0.25) is 0 Å². The fourth-order valence-electron chi connectivity index (χ4n) is 10.7. The first-order valence-corrected chi connectivity index (χ1v) is 26.2. The molecule has 3 aromatic carbocycles. The van der Waals surface area contributed by atoms with Gasteiger partial charge in [0.25, 0.3) is 0 Å². The maximum Gasteiger partial charge on any atom is 0.230 e. The van der Waals surface area contributed by atoms with Crippen molar-refractivity contribution in [3.63, 3.8) is 0 Å². The van der Waals surface area contributed by atoms with Crippen molar-refractivity contribution < 1.29 is 29.3 Å². The molecule has 6 rings (SSSR count). The van der Waals surface area contributed by atoms with E-state index in [9.17, 15) is 10.2 Å². The van der Waals surface area contributed by atoms with E-state index >= 15 is 0 Å². The van der Waals surface area contributed by atoms with Gasteiger partial charge in [-0.15, -0.1) is 6.58 Å². The molecule has 64 heavy (non-hydrogen) atoms. The minimum absolute atomic E-state index is 0.0239. The maximum absolute atomic E-state index is 9.97. The Kier molecular flexibility index (Phi) is 21.2. The molecular formula is C56H79NO6S. The zero-order chi connectivity index (χ0) is 44.8. The molecule has 0 saturated heterocycles. The summed E-state index contributed by atoms with van der Waals surface area (Å²) in [6, 6.07) is 25.0. The lowest BCUT2D eigenvalue weighted by Gasteiger charge is -2.58. The number of ether oxygens (including phenoxy) is 3. The SMILES string of the molecule is C=CCOC12Oc3ccc(Oc4ccc(-c5ccccc5)cc4)cc3C3C(CCCCO)C(CCCCO)C=C(C(=NOC)CC1SCCCCCCCCCCCCCCCC)C32. The largest absolute Gasteiger partial charge is 0.460 e. The predicted octanol–water partition coefficient (Wildman–Crippen LogP) is 14.6. The molecular weight excluding hydrogens is 815 g/mol. The maximum atomic E-state index is 9.97. The van der Waals surface area contributed by atoms with Crippen LogP contribution < -0.4 is 9.47 Å². The van der Waals surface area contributed by atoms with E-state index in [2.05, 4.69) is 68.1 Å². The Labute approximate surface area is 390 Å². The third-order valence-corrected chi connectivity index (χ3v) is 15.3. The summed E-state index contributed by atoms with van der Waals surface area (Å²) in [7, 11) is 1.65. The average molecular weight is 894 g/mol. The highest BCUT2D eigenvalue weighted by molar-refractivity contribution is 8.00. The lowest BCUT2D eigenvalue weighted by Crippen LogP contribution is -2.64. The van der Waals surface area contributed by atoms with Gasteiger partial charge in [0.05, 0.1) is 23.5 Å². The van der Waals surface area contributed by atoms with Gasteiger partial charge in [0, 0.05) is 31.1 Å². The third-order valence-electron chi connectivity index (χ3n) is 13.8. The van der Waals surface area contributed by atoms with Crippen LogP contribution >= 0.6 is 11.8 Å². The summed E-state index contributed by atoms with van der Waals surface area (Å²) in [6.45, 7) is 7.11. The summed E-state index contributed by atoms with van der Waals surface area (Å²) in [5.41, 5.74) is 5.58. The van der Waals surface area contributed by atoms with E-state index in [1.165, 1.54) is 89.0 Å². The van der Waals surface area contributed by atoms with Crippen LogP contribution in [0.15, 0.2) is 102 Å². The number of benzene rings is 3. The Hall–Kier alpha value is -3.56. The summed E-state index contributed by atoms with van der Waals surface area (Å²) >= 11 is 1.97. The number of fused-ring (bicyclic) bond motifs is 2. The van der Waals surface area contributed by atoms with Gasteiger partial charge in [-0.2, -0.15) is 11.8 Å². The molecule has 6 unspecified atom stereocenters. The molecule has 0 bridgehead atoms. The number of aliphatic hydroxyl groups excluding tert-OH is 2. The quantitative estimate of drug-likeness (QED) is 0.0378. The summed E-state index contributed by atoms with van der Waals surface area (Å²) in [4.78, 5) is 5.64. The normalized spacial score (nSPS) is 22.9. The summed E-state index contributed by atoms with van der Waals surface area (Å²) in [6.07, 6.45) is 29.1. The van der Waals surface area contributed by atoms with E-state index in [0.717, 1.165) is 90.4 Å². The van der Waals surface area contributed by atoms with Crippen molar-refractivity contribution >= 4 is 17.5 Å². The zero-order valence-corrected chi connectivity index (χ0v) is 40.1. The number of unbranched alkanes of at least 4 members (excludes halogenated alkanes) is 15. The van der Waals surface area contributed by atoms with Crippen LogP contribution in [0.1, 0.15) is 153 Å². The number of hydrogen-bond donors (Lipinski definition) is 2. The first-order valence-electron chi connectivity index (χ1n) is 25.1. The highest BCUT2D eigenvalue weighted by atomic mass is 32.2. The van der Waals surface area contributed by atoms with Gasteiger partial charge in [0.1, 0.15) is 24.4 Å². The molecule has 1 aliphatic heterocycles. The molecule has 1 saturated carbocycles. The number of hydrogen-bond acceptors (Lipinski definition) is 8. The van der Waals surface area contributed by atoms with Gasteiger partial charge >= 0.3 is 0 Å². The number of allylic oxidation sites excluding steroid dienone is 1. The van der Waals surface area contributed by atoms with Crippen molar-refractivity contribution in [3.05, 3.63) is 103 Å². The Morgan fingerprint density at radius 2 is 1.38 bits per heavy atom. The van der Waals surface area contributed by atoms with Crippen molar-refractivity contribution in [3.8, 4) is 28.4 Å². The molecule has 0 spiro atoms. The molecule has 0 aromatic heterocycles. The van der Waals surface area contributed by atoms with Crippen LogP contribution in [0.3, 0.4) is 0 Å². The van der Waals surface area contributed by atoms with Crippen molar-refractivity contribution in [1.82, 2.24) is 0 Å². The molecule has 1 heterocycles. The first-order chi connectivity index (χ1) is 31.6. The smallest absolute Gasteiger partial charge is 0.230 e. The Bertz CT molecular complexity index is 1860. The standard InChI is InChI=1S/C56H79NO6S/c1-4-6-7-8-9-10-11-12-13-14-15-16-17-25-39-64-53-42-51(57-60-3)49-40-45(28-21-23-36-58)48(29-22-24-37-59)54-50-41-47(34-35-52(50)63-56(53,55(49)54)61-38-5-2)62-46-32-30-44(31-33-46)43-26-19-18-20-27-43/h5,18-20,26-27,30-35,40-41,45,48,53-55,58-59H,2,4,6-17,21-25,28-29,36-39,42H2,1,3H3. The molecule has 7 nitrogen and oxygen atoms in total. The van der Waals surface area contributed by atoms with E-state index in [1.807, 2.05) is 42.1 Å². The summed E-state index contributed by atoms with van der Waals surface area (Å²) in [5.74, 6) is 2.81. The second kappa shape index (κ2) is 27.2. The number of oxime groups is 1. The van der Waals surface area contributed by atoms with Crippen molar-refractivity contribution in [2.24, 2.45) is 22.9 Å². The van der Waals surface area contributed by atoms with Crippen LogP contribution in [0.25, 0.3) is 11.1 Å². The van der Waals surface area contributed by atoms with Crippen molar-refractivity contribution in [1.29, 1.82) is 0 Å². The molecule has 350 valence electrons. The van der Waals surface area contributed by atoms with Gasteiger partial charge in [-0.3, -0.25) is 0 Å². The van der Waals surface area contributed by atoms with Gasteiger partial charge in [-0.25, -0.2) is 0 Å².